The molecule has 2 N–H and O–H groups in total. The summed E-state index contributed by atoms with van der Waals surface area (Å²) in [6.45, 7) is 3.18. The molecule has 1 aromatic rings. The van der Waals surface area contributed by atoms with Gasteiger partial charge in [0.2, 0.25) is 5.91 Å². The van der Waals surface area contributed by atoms with Gasteiger partial charge in [-0.1, -0.05) is 6.07 Å². The lowest BCUT2D eigenvalue weighted by Crippen LogP contribution is -2.49. The van der Waals surface area contributed by atoms with Gasteiger partial charge in [0.1, 0.15) is 11.4 Å². The van der Waals surface area contributed by atoms with E-state index < -0.39 is 17.7 Å². The summed E-state index contributed by atoms with van der Waals surface area (Å²) >= 11 is 0. The Bertz CT molecular complexity index is 841. The van der Waals surface area contributed by atoms with Gasteiger partial charge in [-0.3, -0.25) is 9.59 Å². The highest BCUT2D eigenvalue weighted by molar-refractivity contribution is 5.84. The maximum Gasteiger partial charge on any atom is 0.573 e. The molecule has 170 valence electrons. The van der Waals surface area contributed by atoms with E-state index in [-0.39, 0.29) is 41.4 Å². The summed E-state index contributed by atoms with van der Waals surface area (Å²) in [5.74, 6) is -1.31. The Morgan fingerprint density at radius 3 is 2.39 bits per heavy atom. The number of nitrogens with zero attached hydrogens (tertiary/aromatic N) is 1. The highest BCUT2D eigenvalue weighted by Crippen LogP contribution is 2.29. The second-order valence-electron chi connectivity index (χ2n) is 7.94. The minimum absolute atomic E-state index is 0.0198. The zero-order chi connectivity index (χ0) is 23.2. The van der Waals surface area contributed by atoms with E-state index in [1.54, 1.807) is 19.9 Å². The zero-order valence-corrected chi connectivity index (χ0v) is 17.6. The minimum Gasteiger partial charge on any atom is -0.405 e. The first-order valence-corrected chi connectivity index (χ1v) is 9.87. The number of rotatable bonds is 7. The van der Waals surface area contributed by atoms with E-state index in [1.807, 2.05) is 0 Å². The maximum atomic E-state index is 12.6. The van der Waals surface area contributed by atoms with E-state index in [9.17, 15) is 22.8 Å². The van der Waals surface area contributed by atoms with Gasteiger partial charge in [0.05, 0.1) is 11.6 Å². The molecule has 7 nitrogen and oxygen atoms in total. The van der Waals surface area contributed by atoms with E-state index in [4.69, 9.17) is 10.00 Å². The summed E-state index contributed by atoms with van der Waals surface area (Å²) in [4.78, 5) is 24.7. The van der Waals surface area contributed by atoms with Gasteiger partial charge in [-0.2, -0.15) is 5.26 Å². The fraction of sp³-hybridized carbons (Fsp3) is 0.571. The Hall–Kier alpha value is -2.80. The van der Waals surface area contributed by atoms with Crippen molar-refractivity contribution in [1.29, 1.82) is 5.26 Å². The molecule has 31 heavy (non-hydrogen) atoms. The number of carbonyl (C=O) groups excluding carboxylic acids is 2. The minimum atomic E-state index is -4.91. The number of benzene rings is 1. The molecule has 1 aliphatic carbocycles. The predicted octanol–water partition coefficient (Wildman–Crippen LogP) is 3.17. The molecule has 10 heteroatoms. The average molecular weight is 441 g/mol. The molecule has 0 aliphatic heterocycles. The molecule has 2 amide bonds. The molecule has 1 aliphatic rings. The Kier molecular flexibility index (Phi) is 7.90. The molecule has 0 radical (unpaired) electrons. The Morgan fingerprint density at radius 1 is 1.19 bits per heavy atom. The van der Waals surface area contributed by atoms with E-state index >= 15 is 0 Å². The van der Waals surface area contributed by atoms with Crippen LogP contribution in [0.2, 0.25) is 0 Å². The second kappa shape index (κ2) is 10.0. The van der Waals surface area contributed by atoms with Crippen LogP contribution in [0, 0.1) is 17.2 Å². The first-order valence-electron chi connectivity index (χ1n) is 9.87. The average Bonchev–Trinajstić information content (AvgIpc) is 2.71. The molecule has 0 aromatic heterocycles. The molecule has 0 unspecified atom stereocenters. The van der Waals surface area contributed by atoms with Gasteiger partial charge < -0.3 is 20.1 Å². The van der Waals surface area contributed by atoms with E-state index in [1.165, 1.54) is 19.2 Å². The number of hydrogen-bond donors (Lipinski definition) is 2. The van der Waals surface area contributed by atoms with E-state index in [0.717, 1.165) is 6.07 Å². The second-order valence-corrected chi connectivity index (χ2v) is 7.94. The van der Waals surface area contributed by atoms with Crippen LogP contribution in [-0.2, 0) is 20.9 Å². The number of hydrogen-bond acceptors (Lipinski definition) is 5. The van der Waals surface area contributed by atoms with Crippen LogP contribution in [-0.4, -0.2) is 36.9 Å². The standard InChI is InChI=1S/C21H26F3N3O4/c1-20(2,30-3)19(29)27-16-8-6-14(7-9-16)18(28)26-12-15-5-4-13(11-25)10-17(15)31-21(22,23)24/h4-5,10,14,16H,6-9,12H2,1-3H3,(H,26,28)(H,27,29). The first-order chi connectivity index (χ1) is 14.4. The SMILES string of the molecule is COC(C)(C)C(=O)NC1CCC(C(=O)NCc2ccc(C#N)cc2OC(F)(F)F)CC1. The lowest BCUT2D eigenvalue weighted by atomic mass is 9.85. The van der Waals surface area contributed by atoms with Gasteiger partial charge in [-0.05, 0) is 51.7 Å². The molecular weight excluding hydrogens is 415 g/mol. The summed E-state index contributed by atoms with van der Waals surface area (Å²) in [6, 6.07) is 5.37. The largest absolute Gasteiger partial charge is 0.573 e. The number of ether oxygens (including phenoxy) is 2. The quantitative estimate of drug-likeness (QED) is 0.677. The lowest BCUT2D eigenvalue weighted by Gasteiger charge is -2.31. The molecule has 0 spiro atoms. The summed E-state index contributed by atoms with van der Waals surface area (Å²) < 4.78 is 47.1. The van der Waals surface area contributed by atoms with Gasteiger partial charge >= 0.3 is 6.36 Å². The zero-order valence-electron chi connectivity index (χ0n) is 17.6. The topological polar surface area (TPSA) is 100 Å². The number of halogens is 3. The highest BCUT2D eigenvalue weighted by atomic mass is 19.4. The third-order valence-electron chi connectivity index (χ3n) is 5.37. The molecular formula is C21H26F3N3O4. The summed E-state index contributed by atoms with van der Waals surface area (Å²) in [5.41, 5.74) is -0.801. The van der Waals surface area contributed by atoms with Crippen molar-refractivity contribution >= 4 is 11.8 Å². The smallest absolute Gasteiger partial charge is 0.405 e. The van der Waals surface area contributed by atoms with Crippen molar-refractivity contribution in [2.24, 2.45) is 5.92 Å². The van der Waals surface area contributed by atoms with Crippen LogP contribution in [0.5, 0.6) is 5.75 Å². The lowest BCUT2D eigenvalue weighted by molar-refractivity contribution is -0.274. The maximum absolute atomic E-state index is 12.6. The van der Waals surface area contributed by atoms with Crippen LogP contribution >= 0.6 is 0 Å². The van der Waals surface area contributed by atoms with Crippen LogP contribution in [0.25, 0.3) is 0 Å². The van der Waals surface area contributed by atoms with E-state index in [2.05, 4.69) is 15.4 Å². The number of carbonyl (C=O) groups is 2. The molecule has 0 heterocycles. The number of amides is 2. The van der Waals surface area contributed by atoms with Crippen molar-refractivity contribution < 1.29 is 32.2 Å². The molecule has 1 saturated carbocycles. The molecule has 0 saturated heterocycles. The van der Waals surface area contributed by atoms with Crippen LogP contribution in [0.3, 0.4) is 0 Å². The molecule has 2 rings (SSSR count). The van der Waals surface area contributed by atoms with Gasteiger partial charge in [-0.25, -0.2) is 0 Å². The van der Waals surface area contributed by atoms with Gasteiger partial charge in [0.15, 0.2) is 0 Å². The number of alkyl halides is 3. The van der Waals surface area contributed by atoms with Crippen molar-refractivity contribution in [2.75, 3.05) is 7.11 Å². The molecule has 0 atom stereocenters. The molecule has 1 fully saturated rings. The van der Waals surface area contributed by atoms with Crippen molar-refractivity contribution in [1.82, 2.24) is 10.6 Å². The summed E-state index contributed by atoms with van der Waals surface area (Å²) in [7, 11) is 1.46. The van der Waals surface area contributed by atoms with Gasteiger partial charge in [-0.15, -0.1) is 13.2 Å². The van der Waals surface area contributed by atoms with Crippen LogP contribution < -0.4 is 15.4 Å². The summed E-state index contributed by atoms with van der Waals surface area (Å²) in [6.07, 6.45) is -2.59. The van der Waals surface area contributed by atoms with Gasteiger partial charge in [0.25, 0.3) is 5.91 Å². The fourth-order valence-electron chi connectivity index (χ4n) is 3.27. The Balaban J connectivity index is 1.90. The fourth-order valence-corrected chi connectivity index (χ4v) is 3.27. The third-order valence-corrected chi connectivity index (χ3v) is 5.37. The van der Waals surface area contributed by atoms with Crippen LogP contribution in [0.15, 0.2) is 18.2 Å². The van der Waals surface area contributed by atoms with Crippen LogP contribution in [0.4, 0.5) is 13.2 Å². The number of nitrogens with one attached hydrogen (secondary N) is 2. The Morgan fingerprint density at radius 2 is 1.84 bits per heavy atom. The monoisotopic (exact) mass is 441 g/mol. The number of methoxy groups -OCH3 is 1. The first kappa shape index (κ1) is 24.5. The van der Waals surface area contributed by atoms with E-state index in [0.29, 0.717) is 25.7 Å². The van der Waals surface area contributed by atoms with Gasteiger partial charge in [0, 0.05) is 31.2 Å². The van der Waals surface area contributed by atoms with Crippen molar-refractivity contribution in [3.63, 3.8) is 0 Å². The number of nitriles is 1. The highest BCUT2D eigenvalue weighted by Gasteiger charge is 2.33. The summed E-state index contributed by atoms with van der Waals surface area (Å²) in [5, 5.41) is 14.5. The van der Waals surface area contributed by atoms with Crippen molar-refractivity contribution in [3.8, 4) is 11.8 Å². The predicted molar refractivity (Wildman–Crippen MR) is 105 cm³/mol. The van der Waals surface area contributed by atoms with Crippen LogP contribution in [0.1, 0.15) is 50.7 Å². The van der Waals surface area contributed by atoms with Crippen molar-refractivity contribution in [2.45, 2.75) is 64.1 Å². The normalized spacial score (nSPS) is 19.3. The Labute approximate surface area is 178 Å². The van der Waals surface area contributed by atoms with Crippen molar-refractivity contribution in [3.05, 3.63) is 29.3 Å². The molecule has 0 bridgehead atoms. The molecule has 1 aromatic carbocycles. The third kappa shape index (κ3) is 7.14.